The first-order chi connectivity index (χ1) is 15.1. The fourth-order valence-electron chi connectivity index (χ4n) is 3.59. The number of anilines is 1. The lowest BCUT2D eigenvalue weighted by atomic mass is 9.96. The molecule has 1 unspecified atom stereocenters. The highest BCUT2D eigenvalue weighted by Crippen LogP contribution is 2.25. The van der Waals surface area contributed by atoms with Crippen LogP contribution in [0.4, 0.5) is 10.1 Å². The molecule has 0 fully saturated rings. The van der Waals surface area contributed by atoms with Crippen LogP contribution in [0.5, 0.6) is 0 Å². The summed E-state index contributed by atoms with van der Waals surface area (Å²) in [5, 5.41) is 2.91. The number of aryl methyl sites for hydroxylation is 3. The monoisotopic (exact) mass is 454 g/mol. The van der Waals surface area contributed by atoms with Crippen LogP contribution in [0.25, 0.3) is 0 Å². The number of carbonyl (C=O) groups is 1. The first-order valence-electron chi connectivity index (χ1n) is 10.3. The van der Waals surface area contributed by atoms with Gasteiger partial charge in [-0.3, -0.25) is 9.10 Å². The Hall–Kier alpha value is -3.19. The summed E-state index contributed by atoms with van der Waals surface area (Å²) >= 11 is 0. The van der Waals surface area contributed by atoms with E-state index in [1.54, 1.807) is 30.3 Å². The minimum absolute atomic E-state index is 0.0893. The maximum absolute atomic E-state index is 13.3. The summed E-state index contributed by atoms with van der Waals surface area (Å²) in [6, 6.07) is 16.8. The van der Waals surface area contributed by atoms with E-state index in [2.05, 4.69) is 11.4 Å². The van der Waals surface area contributed by atoms with Gasteiger partial charge in [-0.15, -0.1) is 0 Å². The van der Waals surface area contributed by atoms with E-state index in [9.17, 15) is 17.6 Å². The highest BCUT2D eigenvalue weighted by atomic mass is 32.2. The number of benzene rings is 3. The third-order valence-electron chi connectivity index (χ3n) is 5.46. The van der Waals surface area contributed by atoms with Gasteiger partial charge in [0.15, 0.2) is 0 Å². The molecule has 1 amide bonds. The van der Waals surface area contributed by atoms with Crippen LogP contribution in [0.2, 0.25) is 0 Å². The Balaban J connectivity index is 1.88. The fourth-order valence-corrected chi connectivity index (χ4v) is 5.01. The number of nitrogens with one attached hydrogen (secondary N) is 1. The van der Waals surface area contributed by atoms with Gasteiger partial charge in [0.05, 0.1) is 16.6 Å². The largest absolute Gasteiger partial charge is 0.348 e. The molecule has 3 aromatic rings. The van der Waals surface area contributed by atoms with Crippen molar-refractivity contribution in [3.05, 3.63) is 94.8 Å². The van der Waals surface area contributed by atoms with Crippen LogP contribution in [-0.4, -0.2) is 20.9 Å². The molecule has 0 aliphatic carbocycles. The van der Waals surface area contributed by atoms with Crippen LogP contribution >= 0.6 is 0 Å². The zero-order valence-corrected chi connectivity index (χ0v) is 19.4. The first kappa shape index (κ1) is 23.5. The van der Waals surface area contributed by atoms with E-state index >= 15 is 0 Å². The van der Waals surface area contributed by atoms with Gasteiger partial charge in [0.25, 0.3) is 10.0 Å². The van der Waals surface area contributed by atoms with E-state index in [1.807, 2.05) is 33.8 Å². The summed E-state index contributed by atoms with van der Waals surface area (Å²) < 4.78 is 41.0. The third kappa shape index (κ3) is 5.16. The molecule has 7 heteroatoms. The molecule has 0 aromatic heterocycles. The second-order valence-corrected chi connectivity index (χ2v) is 9.75. The Kier molecular flexibility index (Phi) is 6.99. The molecule has 0 saturated carbocycles. The lowest BCUT2D eigenvalue weighted by Gasteiger charge is -2.25. The van der Waals surface area contributed by atoms with E-state index < -0.39 is 28.3 Å². The van der Waals surface area contributed by atoms with E-state index in [0.717, 1.165) is 33.1 Å². The second-order valence-electron chi connectivity index (χ2n) is 7.88. The van der Waals surface area contributed by atoms with E-state index in [-0.39, 0.29) is 10.9 Å². The predicted octanol–water partition coefficient (Wildman–Crippen LogP) is 4.82. The van der Waals surface area contributed by atoms with Crippen LogP contribution in [0, 0.1) is 26.6 Å². The summed E-state index contributed by atoms with van der Waals surface area (Å²) in [6.45, 7) is 7.50. The SMILES string of the molecule is Cc1cc(C)c(C(C)NC(=O)CN(c2ccccc2)S(=O)(=O)c2ccc(F)cc2)cc1C. The Morgan fingerprint density at radius 1 is 0.938 bits per heavy atom. The summed E-state index contributed by atoms with van der Waals surface area (Å²) in [7, 11) is -4.08. The number of sulfonamides is 1. The van der Waals surface area contributed by atoms with Crippen molar-refractivity contribution in [2.45, 2.75) is 38.6 Å². The molecule has 0 radical (unpaired) electrons. The average molecular weight is 455 g/mol. The number of amides is 1. The van der Waals surface area contributed by atoms with Crippen molar-refractivity contribution in [3.8, 4) is 0 Å². The van der Waals surface area contributed by atoms with Crippen LogP contribution in [0.15, 0.2) is 71.6 Å². The molecule has 1 atom stereocenters. The van der Waals surface area contributed by atoms with Gasteiger partial charge in [0, 0.05) is 0 Å². The van der Waals surface area contributed by atoms with E-state index in [4.69, 9.17) is 0 Å². The first-order valence-corrected chi connectivity index (χ1v) is 11.7. The van der Waals surface area contributed by atoms with Crippen molar-refractivity contribution in [2.75, 3.05) is 10.8 Å². The van der Waals surface area contributed by atoms with Gasteiger partial charge >= 0.3 is 0 Å². The molecule has 0 aliphatic heterocycles. The number of hydrogen-bond donors (Lipinski definition) is 1. The Bertz CT molecular complexity index is 1210. The maximum atomic E-state index is 13.3. The van der Waals surface area contributed by atoms with Crippen LogP contribution in [0.3, 0.4) is 0 Å². The van der Waals surface area contributed by atoms with Gasteiger partial charge in [-0.2, -0.15) is 0 Å². The maximum Gasteiger partial charge on any atom is 0.264 e. The standard InChI is InChI=1S/C25H27FN2O3S/c1-17-14-19(3)24(15-18(17)2)20(4)27-25(29)16-28(22-8-6-5-7-9-22)32(30,31)23-12-10-21(26)11-13-23/h5-15,20H,16H2,1-4H3,(H,27,29). The summed E-state index contributed by atoms with van der Waals surface area (Å²) in [4.78, 5) is 12.8. The van der Waals surface area contributed by atoms with Crippen molar-refractivity contribution in [2.24, 2.45) is 0 Å². The molecule has 3 rings (SSSR count). The number of nitrogens with zero attached hydrogens (tertiary/aromatic N) is 1. The predicted molar refractivity (Wildman–Crippen MR) is 125 cm³/mol. The fraction of sp³-hybridized carbons (Fsp3) is 0.240. The van der Waals surface area contributed by atoms with Gasteiger partial charge in [-0.25, -0.2) is 12.8 Å². The van der Waals surface area contributed by atoms with Gasteiger partial charge in [0.2, 0.25) is 5.91 Å². The Morgan fingerprint density at radius 2 is 1.53 bits per heavy atom. The van der Waals surface area contributed by atoms with Crippen LogP contribution < -0.4 is 9.62 Å². The van der Waals surface area contributed by atoms with E-state index in [0.29, 0.717) is 5.69 Å². The third-order valence-corrected chi connectivity index (χ3v) is 7.25. The minimum atomic E-state index is -4.08. The lowest BCUT2D eigenvalue weighted by molar-refractivity contribution is -0.120. The molecule has 0 bridgehead atoms. The number of para-hydroxylation sites is 1. The Morgan fingerprint density at radius 3 is 2.16 bits per heavy atom. The average Bonchev–Trinajstić information content (AvgIpc) is 2.75. The molecule has 1 N–H and O–H groups in total. The van der Waals surface area contributed by atoms with Crippen molar-refractivity contribution in [1.82, 2.24) is 5.32 Å². The summed E-state index contributed by atoms with van der Waals surface area (Å²) in [5.74, 6) is -0.977. The molecular formula is C25H27FN2O3S. The van der Waals surface area contributed by atoms with Crippen molar-refractivity contribution in [1.29, 1.82) is 0 Å². The number of rotatable bonds is 7. The van der Waals surface area contributed by atoms with Crippen molar-refractivity contribution >= 4 is 21.6 Å². The molecule has 0 saturated heterocycles. The lowest BCUT2D eigenvalue weighted by Crippen LogP contribution is -2.41. The summed E-state index contributed by atoms with van der Waals surface area (Å²) in [6.07, 6.45) is 0. The highest BCUT2D eigenvalue weighted by molar-refractivity contribution is 7.92. The number of halogens is 1. The minimum Gasteiger partial charge on any atom is -0.348 e. The Labute approximate surface area is 188 Å². The smallest absolute Gasteiger partial charge is 0.264 e. The zero-order chi connectivity index (χ0) is 23.5. The van der Waals surface area contributed by atoms with Crippen molar-refractivity contribution < 1.29 is 17.6 Å². The number of carbonyl (C=O) groups excluding carboxylic acids is 1. The normalized spacial score (nSPS) is 12.3. The molecule has 0 heterocycles. The molecule has 0 aliphatic rings. The molecule has 0 spiro atoms. The van der Waals surface area contributed by atoms with Gasteiger partial charge in [0.1, 0.15) is 12.4 Å². The highest BCUT2D eigenvalue weighted by Gasteiger charge is 2.28. The molecular weight excluding hydrogens is 427 g/mol. The molecule has 168 valence electrons. The van der Waals surface area contributed by atoms with Gasteiger partial charge < -0.3 is 5.32 Å². The molecule has 32 heavy (non-hydrogen) atoms. The zero-order valence-electron chi connectivity index (χ0n) is 18.6. The molecule has 3 aromatic carbocycles. The van der Waals surface area contributed by atoms with Crippen molar-refractivity contribution in [3.63, 3.8) is 0 Å². The second kappa shape index (κ2) is 9.53. The van der Waals surface area contributed by atoms with Gasteiger partial charge in [-0.05, 0) is 86.3 Å². The van der Waals surface area contributed by atoms with E-state index in [1.165, 1.54) is 17.7 Å². The van der Waals surface area contributed by atoms with Crippen LogP contribution in [-0.2, 0) is 14.8 Å². The van der Waals surface area contributed by atoms with Crippen LogP contribution in [0.1, 0.15) is 35.2 Å². The summed E-state index contributed by atoms with van der Waals surface area (Å²) in [5.41, 5.74) is 4.68. The quantitative estimate of drug-likeness (QED) is 0.556. The topological polar surface area (TPSA) is 66.5 Å². The molecule has 5 nitrogen and oxygen atoms in total. The number of hydrogen-bond acceptors (Lipinski definition) is 3. The van der Waals surface area contributed by atoms with Gasteiger partial charge in [-0.1, -0.05) is 30.3 Å².